The number of amides is 1. The Bertz CT molecular complexity index is 350. The monoisotopic (exact) mass is 255 g/mol. The van der Waals surface area contributed by atoms with Crippen molar-refractivity contribution in [1.82, 2.24) is 4.90 Å². The summed E-state index contributed by atoms with van der Waals surface area (Å²) >= 11 is 1.39. The van der Waals surface area contributed by atoms with Crippen LogP contribution in [0.2, 0.25) is 0 Å². The minimum atomic E-state index is -0.357. The van der Waals surface area contributed by atoms with Gasteiger partial charge in [0.2, 0.25) is 0 Å². The Morgan fingerprint density at radius 2 is 2.06 bits per heavy atom. The van der Waals surface area contributed by atoms with Crippen molar-refractivity contribution in [2.45, 2.75) is 51.1 Å². The summed E-state index contributed by atoms with van der Waals surface area (Å²) in [4.78, 5) is 14.1. The van der Waals surface area contributed by atoms with Crippen molar-refractivity contribution in [3.8, 4) is 0 Å². The molecule has 17 heavy (non-hydrogen) atoms. The van der Waals surface area contributed by atoms with Gasteiger partial charge in [0.25, 0.3) is 5.91 Å². The number of rotatable bonds is 3. The fourth-order valence-corrected chi connectivity index (χ4v) is 4.11. The van der Waals surface area contributed by atoms with Crippen molar-refractivity contribution < 1.29 is 4.79 Å². The lowest BCUT2D eigenvalue weighted by Crippen LogP contribution is -2.44. The topological polar surface area (TPSA) is 72.3 Å². The zero-order valence-corrected chi connectivity index (χ0v) is 11.3. The Balaban J connectivity index is 2.16. The van der Waals surface area contributed by atoms with Crippen LogP contribution in [-0.2, 0) is 4.79 Å². The van der Waals surface area contributed by atoms with E-state index < -0.39 is 0 Å². The molecular weight excluding hydrogens is 234 g/mol. The lowest BCUT2D eigenvalue weighted by atomic mass is 9.98. The fourth-order valence-electron chi connectivity index (χ4n) is 3.01. The van der Waals surface area contributed by atoms with Crippen LogP contribution in [0.15, 0.2) is 10.6 Å². The Labute approximate surface area is 107 Å². The highest BCUT2D eigenvalue weighted by molar-refractivity contribution is 8.04. The van der Waals surface area contributed by atoms with Crippen LogP contribution in [0.4, 0.5) is 0 Å². The lowest BCUT2D eigenvalue weighted by Gasteiger charge is -2.35. The van der Waals surface area contributed by atoms with Crippen LogP contribution >= 0.6 is 11.8 Å². The number of thioether (sulfide) groups is 1. The van der Waals surface area contributed by atoms with Gasteiger partial charge in [0, 0.05) is 11.7 Å². The second-order valence-corrected chi connectivity index (χ2v) is 6.11. The van der Waals surface area contributed by atoms with Crippen molar-refractivity contribution in [2.24, 2.45) is 17.4 Å². The Hall–Kier alpha value is -0.680. The van der Waals surface area contributed by atoms with Crippen LogP contribution in [0.5, 0.6) is 0 Å². The number of nitrogens with zero attached hydrogens (tertiary/aromatic N) is 1. The Morgan fingerprint density at radius 1 is 1.47 bits per heavy atom. The first-order chi connectivity index (χ1) is 8.02. The van der Waals surface area contributed by atoms with Gasteiger partial charge in [0.15, 0.2) is 0 Å². The largest absolute Gasteiger partial charge is 0.365 e. The second-order valence-electron chi connectivity index (χ2n) is 4.98. The van der Waals surface area contributed by atoms with E-state index in [0.717, 1.165) is 5.70 Å². The van der Waals surface area contributed by atoms with Crippen molar-refractivity contribution in [3.05, 3.63) is 10.6 Å². The van der Waals surface area contributed by atoms with Crippen LogP contribution in [0.3, 0.4) is 0 Å². The molecule has 4 N–H and O–H groups in total. The second kappa shape index (κ2) is 4.90. The van der Waals surface area contributed by atoms with E-state index in [1.807, 2.05) is 6.92 Å². The van der Waals surface area contributed by atoms with Gasteiger partial charge in [-0.25, -0.2) is 0 Å². The van der Waals surface area contributed by atoms with E-state index in [1.54, 1.807) is 0 Å². The van der Waals surface area contributed by atoms with E-state index in [2.05, 4.69) is 11.8 Å². The van der Waals surface area contributed by atoms with Gasteiger partial charge in [-0.2, -0.15) is 0 Å². The van der Waals surface area contributed by atoms with E-state index in [9.17, 15) is 4.79 Å². The fraction of sp³-hybridized carbons (Fsp3) is 0.750. The third-order valence-corrected chi connectivity index (χ3v) is 5.17. The van der Waals surface area contributed by atoms with E-state index in [4.69, 9.17) is 11.5 Å². The van der Waals surface area contributed by atoms with Crippen molar-refractivity contribution in [1.29, 1.82) is 0 Å². The predicted octanol–water partition coefficient (Wildman–Crippen LogP) is 1.57. The molecule has 0 radical (unpaired) electrons. The van der Waals surface area contributed by atoms with E-state index >= 15 is 0 Å². The third kappa shape index (κ3) is 2.31. The highest BCUT2D eigenvalue weighted by atomic mass is 32.2. The van der Waals surface area contributed by atoms with Gasteiger partial charge in [-0.1, -0.05) is 24.6 Å². The highest BCUT2D eigenvalue weighted by Crippen LogP contribution is 2.40. The molecule has 0 saturated heterocycles. The molecule has 96 valence electrons. The molecule has 0 aromatic heterocycles. The van der Waals surface area contributed by atoms with Gasteiger partial charge in [-0.3, -0.25) is 4.79 Å². The summed E-state index contributed by atoms with van der Waals surface area (Å²) in [7, 11) is 0. The molecule has 1 fully saturated rings. The molecule has 1 saturated carbocycles. The van der Waals surface area contributed by atoms with Crippen LogP contribution < -0.4 is 11.5 Å². The maximum Gasteiger partial charge on any atom is 0.257 e. The first-order valence-electron chi connectivity index (χ1n) is 6.23. The zero-order chi connectivity index (χ0) is 12.6. The molecule has 5 heteroatoms. The van der Waals surface area contributed by atoms with Crippen LogP contribution in [-0.4, -0.2) is 22.3 Å². The van der Waals surface area contributed by atoms with Crippen molar-refractivity contribution in [3.63, 3.8) is 0 Å². The summed E-state index contributed by atoms with van der Waals surface area (Å²) in [6.07, 6.45) is 5.18. The molecule has 2 rings (SSSR count). The number of allylic oxidation sites excluding steroid dienone is 1. The number of nitrogens with two attached hydrogens (primary N) is 2. The maximum absolute atomic E-state index is 11.3. The van der Waals surface area contributed by atoms with Crippen LogP contribution in [0, 0.1) is 5.92 Å². The molecule has 1 aliphatic heterocycles. The maximum atomic E-state index is 11.3. The third-order valence-electron chi connectivity index (χ3n) is 3.97. The summed E-state index contributed by atoms with van der Waals surface area (Å²) < 4.78 is 0. The SMILES string of the molecule is CC1=C(C(N)=O)SC(N)N1C(C)C1CCCC1. The summed E-state index contributed by atoms with van der Waals surface area (Å²) in [5, 5.41) is 0. The highest BCUT2D eigenvalue weighted by Gasteiger charge is 2.36. The molecule has 0 aromatic rings. The van der Waals surface area contributed by atoms with Gasteiger partial charge in [0.05, 0.1) is 4.91 Å². The molecule has 1 amide bonds. The number of carbonyl (C=O) groups excluding carboxylic acids is 1. The summed E-state index contributed by atoms with van der Waals surface area (Å²) in [6.45, 7) is 4.16. The first kappa shape index (κ1) is 12.8. The number of hydrogen-bond acceptors (Lipinski definition) is 4. The lowest BCUT2D eigenvalue weighted by molar-refractivity contribution is -0.114. The Kier molecular flexibility index (Phi) is 3.68. The average Bonchev–Trinajstić information content (AvgIpc) is 2.86. The molecule has 4 nitrogen and oxygen atoms in total. The smallest absolute Gasteiger partial charge is 0.257 e. The number of carbonyl (C=O) groups is 1. The molecule has 2 aliphatic rings. The molecule has 2 atom stereocenters. The molecule has 0 spiro atoms. The van der Waals surface area contributed by atoms with Gasteiger partial charge >= 0.3 is 0 Å². The van der Waals surface area contributed by atoms with E-state index in [1.165, 1.54) is 37.4 Å². The van der Waals surface area contributed by atoms with E-state index in [-0.39, 0.29) is 11.4 Å². The first-order valence-corrected chi connectivity index (χ1v) is 7.11. The van der Waals surface area contributed by atoms with Gasteiger partial charge in [0.1, 0.15) is 5.50 Å². The van der Waals surface area contributed by atoms with E-state index in [0.29, 0.717) is 16.9 Å². The molecule has 1 heterocycles. The standard InChI is InChI=1S/C12H21N3OS/c1-7(9-5-3-4-6-9)15-8(2)10(11(13)16)17-12(15)14/h7,9,12H,3-6,14H2,1-2H3,(H2,13,16). The quantitative estimate of drug-likeness (QED) is 0.803. The number of primary amides is 1. The predicted molar refractivity (Wildman–Crippen MR) is 70.7 cm³/mol. The minimum Gasteiger partial charge on any atom is -0.365 e. The minimum absolute atomic E-state index is 0.159. The summed E-state index contributed by atoms with van der Waals surface area (Å²) in [5.74, 6) is 0.341. The van der Waals surface area contributed by atoms with Crippen LogP contribution in [0.25, 0.3) is 0 Å². The molecule has 0 aromatic carbocycles. The molecular formula is C12H21N3OS. The van der Waals surface area contributed by atoms with Crippen LogP contribution in [0.1, 0.15) is 39.5 Å². The van der Waals surface area contributed by atoms with Gasteiger partial charge in [-0.15, -0.1) is 0 Å². The summed E-state index contributed by atoms with van der Waals surface area (Å²) in [5.41, 5.74) is 12.3. The van der Waals surface area contributed by atoms with Gasteiger partial charge < -0.3 is 16.4 Å². The molecule has 2 unspecified atom stereocenters. The normalized spacial score (nSPS) is 27.9. The molecule has 1 aliphatic carbocycles. The zero-order valence-electron chi connectivity index (χ0n) is 10.5. The number of hydrogen-bond donors (Lipinski definition) is 2. The van der Waals surface area contributed by atoms with Crippen molar-refractivity contribution >= 4 is 17.7 Å². The Morgan fingerprint density at radius 3 is 2.53 bits per heavy atom. The van der Waals surface area contributed by atoms with Gasteiger partial charge in [-0.05, 0) is 32.6 Å². The average molecular weight is 255 g/mol. The summed E-state index contributed by atoms with van der Waals surface area (Å²) in [6, 6.07) is 0.400. The molecule has 0 bridgehead atoms. The van der Waals surface area contributed by atoms with Crippen molar-refractivity contribution in [2.75, 3.05) is 0 Å².